The summed E-state index contributed by atoms with van der Waals surface area (Å²) in [5.41, 5.74) is -1.40. The summed E-state index contributed by atoms with van der Waals surface area (Å²) < 4.78 is 44.7. The van der Waals surface area contributed by atoms with Gasteiger partial charge in [-0.05, 0) is 0 Å². The van der Waals surface area contributed by atoms with Crippen molar-refractivity contribution >= 4 is 11.9 Å². The fourth-order valence-electron chi connectivity index (χ4n) is 1.79. The third-order valence-electron chi connectivity index (χ3n) is 2.87. The van der Waals surface area contributed by atoms with E-state index in [4.69, 9.17) is 9.84 Å². The summed E-state index contributed by atoms with van der Waals surface area (Å²) in [6, 6.07) is 0. The van der Waals surface area contributed by atoms with E-state index in [-0.39, 0.29) is 32.5 Å². The summed E-state index contributed by atoms with van der Waals surface area (Å²) in [6.45, 7) is -1.44. The normalized spacial score (nSPS) is 18.6. The van der Waals surface area contributed by atoms with E-state index >= 15 is 0 Å². The first-order valence-electron chi connectivity index (χ1n) is 6.02. The molecule has 0 aromatic rings. The van der Waals surface area contributed by atoms with Crippen LogP contribution < -0.4 is 5.32 Å². The number of halogens is 3. The zero-order valence-electron chi connectivity index (χ0n) is 10.7. The van der Waals surface area contributed by atoms with Crippen molar-refractivity contribution in [1.29, 1.82) is 0 Å². The highest BCUT2D eigenvalue weighted by Gasteiger charge is 2.41. The van der Waals surface area contributed by atoms with Crippen LogP contribution in [0.4, 0.5) is 13.2 Å². The number of rotatable bonds is 6. The van der Waals surface area contributed by atoms with E-state index in [0.29, 0.717) is 0 Å². The Bertz CT molecular complexity index is 352. The Hall–Kier alpha value is -1.35. The largest absolute Gasteiger partial charge is 0.480 e. The molecule has 0 aromatic heterocycles. The van der Waals surface area contributed by atoms with E-state index in [1.165, 1.54) is 0 Å². The van der Waals surface area contributed by atoms with Crippen LogP contribution in [0.2, 0.25) is 0 Å². The molecule has 1 aliphatic heterocycles. The van der Waals surface area contributed by atoms with Gasteiger partial charge in [0.05, 0.1) is 6.61 Å². The summed E-state index contributed by atoms with van der Waals surface area (Å²) in [5, 5.41) is 11.5. The highest BCUT2D eigenvalue weighted by atomic mass is 19.4. The van der Waals surface area contributed by atoms with Gasteiger partial charge in [-0.25, -0.2) is 4.79 Å². The number of carbonyl (C=O) groups is 2. The quantitative estimate of drug-likeness (QED) is 0.705. The minimum atomic E-state index is -4.44. The van der Waals surface area contributed by atoms with E-state index in [1.807, 2.05) is 0 Å². The second-order valence-electron chi connectivity index (χ2n) is 4.47. The highest BCUT2D eigenvalue weighted by Crippen LogP contribution is 2.21. The molecule has 1 fully saturated rings. The van der Waals surface area contributed by atoms with Gasteiger partial charge in [0.1, 0.15) is 12.1 Å². The molecule has 1 amide bonds. The van der Waals surface area contributed by atoms with Crippen LogP contribution in [0.25, 0.3) is 0 Å². The van der Waals surface area contributed by atoms with Gasteiger partial charge in [-0.2, -0.15) is 13.2 Å². The standard InChI is InChI=1S/C11H16F3NO5/c12-11(13,14)7-20-4-1-8(16)15-10(9(17)18)2-5-19-6-3-10/h1-7H2,(H,15,16)(H,17,18). The maximum Gasteiger partial charge on any atom is 0.411 e. The van der Waals surface area contributed by atoms with Gasteiger partial charge in [0.2, 0.25) is 5.91 Å². The smallest absolute Gasteiger partial charge is 0.411 e. The van der Waals surface area contributed by atoms with Gasteiger partial charge in [0.25, 0.3) is 0 Å². The Balaban J connectivity index is 2.37. The SMILES string of the molecule is O=C(CCOCC(F)(F)F)NC1(C(=O)O)CCOCC1. The molecule has 0 aromatic carbocycles. The van der Waals surface area contributed by atoms with Crippen LogP contribution in [-0.4, -0.2) is 55.1 Å². The van der Waals surface area contributed by atoms with Gasteiger partial charge in [-0.3, -0.25) is 4.79 Å². The Morgan fingerprint density at radius 3 is 2.40 bits per heavy atom. The number of carboxylic acid groups (broad SMARTS) is 1. The van der Waals surface area contributed by atoms with Crippen LogP contribution in [0.3, 0.4) is 0 Å². The van der Waals surface area contributed by atoms with Gasteiger partial charge in [0, 0.05) is 32.5 Å². The molecule has 1 heterocycles. The molecule has 0 spiro atoms. The molecule has 0 atom stereocenters. The molecule has 1 aliphatic rings. The van der Waals surface area contributed by atoms with Gasteiger partial charge < -0.3 is 19.9 Å². The predicted octanol–water partition coefficient (Wildman–Crippen LogP) is 0.705. The average Bonchev–Trinajstić information content (AvgIpc) is 2.34. The molecule has 0 aliphatic carbocycles. The molecule has 0 radical (unpaired) electrons. The van der Waals surface area contributed by atoms with Gasteiger partial charge >= 0.3 is 12.1 Å². The molecule has 0 saturated carbocycles. The maximum absolute atomic E-state index is 11.8. The minimum Gasteiger partial charge on any atom is -0.480 e. The molecule has 116 valence electrons. The Morgan fingerprint density at radius 2 is 1.90 bits per heavy atom. The van der Waals surface area contributed by atoms with Crippen molar-refractivity contribution in [2.45, 2.75) is 31.0 Å². The lowest BCUT2D eigenvalue weighted by Gasteiger charge is -2.33. The third-order valence-corrected chi connectivity index (χ3v) is 2.87. The first-order chi connectivity index (χ1) is 9.25. The Labute approximate surface area is 113 Å². The van der Waals surface area contributed by atoms with Gasteiger partial charge in [0.15, 0.2) is 0 Å². The number of hydrogen-bond acceptors (Lipinski definition) is 4. The number of carbonyl (C=O) groups excluding carboxylic acids is 1. The summed E-state index contributed by atoms with van der Waals surface area (Å²) in [7, 11) is 0. The Kier molecular flexibility index (Phi) is 5.75. The second-order valence-corrected chi connectivity index (χ2v) is 4.47. The first-order valence-corrected chi connectivity index (χ1v) is 6.02. The molecule has 1 saturated heterocycles. The van der Waals surface area contributed by atoms with Crippen molar-refractivity contribution in [2.24, 2.45) is 0 Å². The van der Waals surface area contributed by atoms with Crippen molar-refractivity contribution in [2.75, 3.05) is 26.4 Å². The van der Waals surface area contributed by atoms with E-state index in [1.54, 1.807) is 0 Å². The molecule has 2 N–H and O–H groups in total. The van der Waals surface area contributed by atoms with Crippen LogP contribution in [0.15, 0.2) is 0 Å². The summed E-state index contributed by atoms with van der Waals surface area (Å²) in [4.78, 5) is 22.8. The lowest BCUT2D eigenvalue weighted by molar-refractivity contribution is -0.174. The van der Waals surface area contributed by atoms with Gasteiger partial charge in [-0.1, -0.05) is 0 Å². The molecule has 0 bridgehead atoms. The third kappa shape index (κ3) is 5.33. The van der Waals surface area contributed by atoms with E-state index in [0.717, 1.165) is 0 Å². The number of carboxylic acids is 1. The van der Waals surface area contributed by atoms with Crippen LogP contribution in [0, 0.1) is 0 Å². The summed E-state index contributed by atoms with van der Waals surface area (Å²) in [5.74, 6) is -1.83. The molecular weight excluding hydrogens is 283 g/mol. The minimum absolute atomic E-state index is 0.123. The first kappa shape index (κ1) is 16.7. The van der Waals surface area contributed by atoms with E-state index in [9.17, 15) is 22.8 Å². The van der Waals surface area contributed by atoms with Crippen molar-refractivity contribution in [1.82, 2.24) is 5.32 Å². The number of nitrogens with one attached hydrogen (secondary N) is 1. The molecule has 0 unspecified atom stereocenters. The van der Waals surface area contributed by atoms with Crippen molar-refractivity contribution < 1.29 is 37.3 Å². The van der Waals surface area contributed by atoms with Crippen molar-refractivity contribution in [3.63, 3.8) is 0 Å². The van der Waals surface area contributed by atoms with Crippen LogP contribution >= 0.6 is 0 Å². The van der Waals surface area contributed by atoms with Crippen molar-refractivity contribution in [3.8, 4) is 0 Å². The molecule has 9 heteroatoms. The average molecular weight is 299 g/mol. The Morgan fingerprint density at radius 1 is 1.30 bits per heavy atom. The topological polar surface area (TPSA) is 84.9 Å². The molecule has 20 heavy (non-hydrogen) atoms. The predicted molar refractivity (Wildman–Crippen MR) is 60.1 cm³/mol. The number of hydrogen-bond donors (Lipinski definition) is 2. The van der Waals surface area contributed by atoms with E-state index < -0.39 is 36.8 Å². The lowest BCUT2D eigenvalue weighted by atomic mass is 9.90. The molecule has 1 rings (SSSR count). The van der Waals surface area contributed by atoms with Crippen LogP contribution in [0.5, 0.6) is 0 Å². The lowest BCUT2D eigenvalue weighted by Crippen LogP contribution is -2.57. The number of ether oxygens (including phenoxy) is 2. The summed E-state index contributed by atoms with van der Waals surface area (Å²) in [6.07, 6.45) is -4.53. The second kappa shape index (κ2) is 6.89. The summed E-state index contributed by atoms with van der Waals surface area (Å²) >= 11 is 0. The molecular formula is C11H16F3NO5. The van der Waals surface area contributed by atoms with Crippen molar-refractivity contribution in [3.05, 3.63) is 0 Å². The van der Waals surface area contributed by atoms with Gasteiger partial charge in [-0.15, -0.1) is 0 Å². The zero-order chi connectivity index (χ0) is 15.2. The van der Waals surface area contributed by atoms with Crippen LogP contribution in [-0.2, 0) is 19.1 Å². The van der Waals surface area contributed by atoms with E-state index in [2.05, 4.69) is 10.1 Å². The fraction of sp³-hybridized carbons (Fsp3) is 0.818. The van der Waals surface area contributed by atoms with Crippen LogP contribution in [0.1, 0.15) is 19.3 Å². The monoisotopic (exact) mass is 299 g/mol. The number of amides is 1. The number of alkyl halides is 3. The number of aliphatic carboxylic acids is 1. The molecule has 6 nitrogen and oxygen atoms in total. The maximum atomic E-state index is 11.8. The highest BCUT2D eigenvalue weighted by molar-refractivity contribution is 5.87. The fourth-order valence-corrected chi connectivity index (χ4v) is 1.79. The zero-order valence-corrected chi connectivity index (χ0v) is 10.7.